The van der Waals surface area contributed by atoms with Gasteiger partial charge >= 0.3 is 0 Å². The summed E-state index contributed by atoms with van der Waals surface area (Å²) >= 11 is 0. The number of carbonyl (C=O) groups is 1. The molecule has 1 heterocycles. The fourth-order valence-corrected chi connectivity index (χ4v) is 2.26. The van der Waals surface area contributed by atoms with Gasteiger partial charge in [-0.05, 0) is 18.1 Å². The molecule has 0 aliphatic rings. The number of carbonyl (C=O) groups excluding carboxylic acids is 1. The highest BCUT2D eigenvalue weighted by molar-refractivity contribution is 7.84. The average molecular weight is 255 g/mol. The molecule has 0 bridgehead atoms. The van der Waals surface area contributed by atoms with Gasteiger partial charge in [0, 0.05) is 23.5 Å². The van der Waals surface area contributed by atoms with E-state index in [2.05, 4.69) is 10.3 Å². The Morgan fingerprint density at radius 3 is 2.88 bits per heavy atom. The molecule has 1 aromatic rings. The lowest BCUT2D eigenvalue weighted by molar-refractivity contribution is -0.118. The van der Waals surface area contributed by atoms with E-state index in [1.807, 2.05) is 6.92 Å². The minimum absolute atomic E-state index is 0.0321. The number of nitrogens with one attached hydrogen (secondary N) is 1. The first-order chi connectivity index (χ1) is 8.11. The van der Waals surface area contributed by atoms with Gasteiger partial charge in [-0.25, -0.2) is 4.98 Å². The summed E-state index contributed by atoms with van der Waals surface area (Å²) in [5.41, 5.74) is 6.26. The molecule has 0 saturated carbocycles. The fourth-order valence-electron chi connectivity index (χ4n) is 1.22. The molecule has 0 spiro atoms. The van der Waals surface area contributed by atoms with Crippen LogP contribution in [0.2, 0.25) is 0 Å². The Balaban J connectivity index is 2.39. The van der Waals surface area contributed by atoms with Gasteiger partial charge < -0.3 is 11.1 Å². The Kier molecular flexibility index (Phi) is 5.62. The van der Waals surface area contributed by atoms with Gasteiger partial charge in [0.15, 0.2) is 0 Å². The van der Waals surface area contributed by atoms with Crippen molar-refractivity contribution in [2.24, 2.45) is 0 Å². The van der Waals surface area contributed by atoms with Crippen LogP contribution in [0.15, 0.2) is 18.3 Å². The van der Waals surface area contributed by atoms with E-state index < -0.39 is 10.8 Å². The predicted molar refractivity (Wildman–Crippen MR) is 68.7 cm³/mol. The monoisotopic (exact) mass is 255 g/mol. The summed E-state index contributed by atoms with van der Waals surface area (Å²) in [4.78, 5) is 15.2. The summed E-state index contributed by atoms with van der Waals surface area (Å²) in [7, 11) is -1.20. The van der Waals surface area contributed by atoms with Crippen molar-refractivity contribution in [3.63, 3.8) is 0 Å². The van der Waals surface area contributed by atoms with Gasteiger partial charge in [-0.2, -0.15) is 0 Å². The molecule has 1 rings (SSSR count). The molecule has 0 aliphatic carbocycles. The smallest absolute Gasteiger partial charge is 0.232 e. The molecule has 0 fully saturated rings. The van der Waals surface area contributed by atoms with E-state index >= 15 is 0 Å². The summed E-state index contributed by atoms with van der Waals surface area (Å²) in [6, 6.07) is 3.42. The molecule has 1 atom stereocenters. The van der Waals surface area contributed by atoms with Crippen LogP contribution in [0.5, 0.6) is 0 Å². The lowest BCUT2D eigenvalue weighted by Crippen LogP contribution is -2.29. The number of amides is 1. The Labute approximate surface area is 103 Å². The van der Waals surface area contributed by atoms with Crippen LogP contribution in [0.25, 0.3) is 0 Å². The topological polar surface area (TPSA) is 85.1 Å². The quantitative estimate of drug-likeness (QED) is 0.772. The lowest BCUT2D eigenvalue weighted by atomic mass is 10.3. The van der Waals surface area contributed by atoms with E-state index in [4.69, 9.17) is 5.73 Å². The predicted octanol–water partition coefficient (Wildman–Crippen LogP) is 0.439. The Hall–Kier alpha value is -1.43. The Morgan fingerprint density at radius 1 is 1.53 bits per heavy atom. The van der Waals surface area contributed by atoms with Crippen molar-refractivity contribution in [2.75, 3.05) is 18.0 Å². The number of nitrogens with two attached hydrogens (primary N) is 1. The van der Waals surface area contributed by atoms with Gasteiger partial charge in [0.05, 0.1) is 5.75 Å². The molecule has 1 unspecified atom stereocenters. The first-order valence-corrected chi connectivity index (χ1v) is 6.92. The molecule has 0 aliphatic heterocycles. The van der Waals surface area contributed by atoms with E-state index in [-0.39, 0.29) is 11.7 Å². The SMILES string of the molecule is CCCNC(=O)CS(=O)Cc1ccc(N)nc1. The standard InChI is InChI=1S/C11H17N3O2S/c1-2-5-13-11(15)8-17(16)7-9-3-4-10(12)14-6-9/h3-4,6H,2,5,7-8H2,1H3,(H2,12,14)(H,13,15). The zero-order valence-electron chi connectivity index (χ0n) is 9.81. The van der Waals surface area contributed by atoms with Gasteiger partial charge in [0.25, 0.3) is 0 Å². The second kappa shape index (κ2) is 7.01. The lowest BCUT2D eigenvalue weighted by Gasteiger charge is -2.04. The van der Waals surface area contributed by atoms with E-state index in [1.54, 1.807) is 18.3 Å². The van der Waals surface area contributed by atoms with E-state index in [0.717, 1.165) is 12.0 Å². The number of hydrogen-bond acceptors (Lipinski definition) is 4. The number of pyridine rings is 1. The van der Waals surface area contributed by atoms with Gasteiger partial charge in [-0.3, -0.25) is 9.00 Å². The molecule has 0 radical (unpaired) electrons. The third kappa shape index (κ3) is 5.44. The summed E-state index contributed by atoms with van der Waals surface area (Å²) in [6.07, 6.45) is 2.46. The fraction of sp³-hybridized carbons (Fsp3) is 0.455. The molecule has 1 aromatic heterocycles. The number of nitrogens with zero attached hydrogens (tertiary/aromatic N) is 1. The maximum atomic E-state index is 11.7. The van der Waals surface area contributed by atoms with Crippen LogP contribution in [0.3, 0.4) is 0 Å². The normalized spacial score (nSPS) is 12.1. The largest absolute Gasteiger partial charge is 0.384 e. The van der Waals surface area contributed by atoms with Crippen LogP contribution < -0.4 is 11.1 Å². The Morgan fingerprint density at radius 2 is 2.29 bits per heavy atom. The molecule has 6 heteroatoms. The number of rotatable bonds is 6. The van der Waals surface area contributed by atoms with Crippen LogP contribution in [0, 0.1) is 0 Å². The zero-order chi connectivity index (χ0) is 12.7. The number of hydrogen-bond donors (Lipinski definition) is 2. The van der Waals surface area contributed by atoms with E-state index in [1.165, 1.54) is 0 Å². The van der Waals surface area contributed by atoms with Crippen molar-refractivity contribution >= 4 is 22.5 Å². The molecule has 1 amide bonds. The van der Waals surface area contributed by atoms with Gasteiger partial charge in [-0.1, -0.05) is 13.0 Å². The third-order valence-corrected chi connectivity index (χ3v) is 3.28. The van der Waals surface area contributed by atoms with E-state index in [9.17, 15) is 9.00 Å². The molecular weight excluding hydrogens is 238 g/mol. The molecule has 94 valence electrons. The second-order valence-electron chi connectivity index (χ2n) is 3.67. The summed E-state index contributed by atoms with van der Waals surface area (Å²) < 4.78 is 11.7. The number of nitrogen functional groups attached to an aromatic ring is 1. The first kappa shape index (κ1) is 13.6. The molecular formula is C11H17N3O2S. The number of anilines is 1. The van der Waals surface area contributed by atoms with Crippen molar-refractivity contribution in [3.05, 3.63) is 23.9 Å². The summed E-state index contributed by atoms with van der Waals surface area (Å²) in [5, 5.41) is 2.69. The molecule has 0 aromatic carbocycles. The highest BCUT2D eigenvalue weighted by atomic mass is 32.2. The minimum Gasteiger partial charge on any atom is -0.384 e. The minimum atomic E-state index is -1.20. The van der Waals surface area contributed by atoms with Crippen LogP contribution in [-0.4, -0.2) is 27.4 Å². The highest BCUT2D eigenvalue weighted by Crippen LogP contribution is 2.04. The molecule has 3 N–H and O–H groups in total. The van der Waals surface area contributed by atoms with Crippen molar-refractivity contribution < 1.29 is 9.00 Å². The third-order valence-electron chi connectivity index (χ3n) is 2.04. The van der Waals surface area contributed by atoms with Crippen LogP contribution in [0.4, 0.5) is 5.82 Å². The highest BCUT2D eigenvalue weighted by Gasteiger charge is 2.08. The summed E-state index contributed by atoms with van der Waals surface area (Å²) in [5.74, 6) is 0.616. The van der Waals surface area contributed by atoms with Crippen LogP contribution >= 0.6 is 0 Å². The van der Waals surface area contributed by atoms with Crippen molar-refractivity contribution in [1.82, 2.24) is 10.3 Å². The first-order valence-electron chi connectivity index (χ1n) is 5.44. The van der Waals surface area contributed by atoms with Gasteiger partial charge in [-0.15, -0.1) is 0 Å². The van der Waals surface area contributed by atoms with Crippen LogP contribution in [-0.2, 0) is 21.3 Å². The molecule has 17 heavy (non-hydrogen) atoms. The van der Waals surface area contributed by atoms with Crippen molar-refractivity contribution in [3.8, 4) is 0 Å². The Bertz CT molecular complexity index is 392. The summed E-state index contributed by atoms with van der Waals surface area (Å²) in [6.45, 7) is 2.59. The molecule has 0 saturated heterocycles. The number of aromatic nitrogens is 1. The average Bonchev–Trinajstić information content (AvgIpc) is 2.29. The van der Waals surface area contributed by atoms with E-state index in [0.29, 0.717) is 18.1 Å². The second-order valence-corrected chi connectivity index (χ2v) is 5.13. The van der Waals surface area contributed by atoms with Crippen LogP contribution in [0.1, 0.15) is 18.9 Å². The van der Waals surface area contributed by atoms with Gasteiger partial charge in [0.1, 0.15) is 11.6 Å². The zero-order valence-corrected chi connectivity index (χ0v) is 10.6. The van der Waals surface area contributed by atoms with Crippen molar-refractivity contribution in [2.45, 2.75) is 19.1 Å². The van der Waals surface area contributed by atoms with Gasteiger partial charge in [0.2, 0.25) is 5.91 Å². The molecule has 5 nitrogen and oxygen atoms in total. The van der Waals surface area contributed by atoms with Crippen molar-refractivity contribution in [1.29, 1.82) is 0 Å². The maximum Gasteiger partial charge on any atom is 0.232 e. The maximum absolute atomic E-state index is 11.7.